The lowest BCUT2D eigenvalue weighted by Gasteiger charge is -2.22. The summed E-state index contributed by atoms with van der Waals surface area (Å²) >= 11 is 1.20. The highest BCUT2D eigenvalue weighted by atomic mass is 32.1. The molecular weight excluding hydrogens is 454 g/mol. The van der Waals surface area contributed by atoms with Gasteiger partial charge in [-0.05, 0) is 50.6 Å². The molecule has 0 spiro atoms. The van der Waals surface area contributed by atoms with Gasteiger partial charge < -0.3 is 9.84 Å². The lowest BCUT2D eigenvalue weighted by atomic mass is 9.96. The van der Waals surface area contributed by atoms with E-state index in [1.54, 1.807) is 60.8 Å². The lowest BCUT2D eigenvalue weighted by molar-refractivity contribution is -0.132. The van der Waals surface area contributed by atoms with Crippen molar-refractivity contribution >= 4 is 39.6 Å². The van der Waals surface area contributed by atoms with Crippen molar-refractivity contribution in [1.82, 2.24) is 19.6 Å². The number of fused-ring (bicyclic) bond motifs is 1. The molecule has 172 valence electrons. The second-order valence-corrected chi connectivity index (χ2v) is 8.91. The van der Waals surface area contributed by atoms with Gasteiger partial charge in [0, 0.05) is 6.20 Å². The minimum absolute atomic E-state index is 0.0317. The van der Waals surface area contributed by atoms with Crippen molar-refractivity contribution in [3.8, 4) is 5.75 Å². The molecule has 0 bridgehead atoms. The molecule has 1 fully saturated rings. The predicted molar refractivity (Wildman–Crippen MR) is 127 cm³/mol. The molecule has 10 heteroatoms. The maximum absolute atomic E-state index is 13.3. The zero-order valence-electron chi connectivity index (χ0n) is 18.7. The molecule has 1 unspecified atom stereocenters. The molecule has 1 aliphatic rings. The van der Waals surface area contributed by atoms with E-state index in [2.05, 4.69) is 15.2 Å². The van der Waals surface area contributed by atoms with Gasteiger partial charge in [-0.3, -0.25) is 18.9 Å². The fourth-order valence-electron chi connectivity index (χ4n) is 4.17. The van der Waals surface area contributed by atoms with Crippen LogP contribution in [-0.4, -0.2) is 43.0 Å². The number of aromatic nitrogens is 4. The number of anilines is 1. The molecule has 0 saturated carbocycles. The monoisotopic (exact) mass is 475 g/mol. The average molecular weight is 476 g/mol. The van der Waals surface area contributed by atoms with Crippen LogP contribution in [0.25, 0.3) is 11.4 Å². The third kappa shape index (κ3) is 3.43. The van der Waals surface area contributed by atoms with Crippen LogP contribution in [0.5, 0.6) is 5.75 Å². The van der Waals surface area contributed by atoms with Crippen molar-refractivity contribution in [3.63, 3.8) is 0 Å². The zero-order valence-corrected chi connectivity index (χ0v) is 19.5. The Morgan fingerprint density at radius 3 is 2.56 bits per heavy atom. The Balaban J connectivity index is 1.74. The number of imidazole rings is 1. The number of carbonyl (C=O) groups is 2. The van der Waals surface area contributed by atoms with Crippen LogP contribution in [0, 0.1) is 13.8 Å². The van der Waals surface area contributed by atoms with Gasteiger partial charge >= 0.3 is 5.91 Å². The number of aliphatic hydroxyl groups is 1. The number of aryl methyl sites for hydroxylation is 2. The number of ketones is 1. The quantitative estimate of drug-likeness (QED) is 0.265. The molecule has 1 aliphatic heterocycles. The van der Waals surface area contributed by atoms with Crippen LogP contribution in [-0.2, 0) is 9.59 Å². The lowest BCUT2D eigenvalue weighted by Crippen LogP contribution is -2.29. The van der Waals surface area contributed by atoms with E-state index in [4.69, 9.17) is 4.74 Å². The number of hydrogen-bond donors (Lipinski definition) is 1. The van der Waals surface area contributed by atoms with Gasteiger partial charge in [0.05, 0.1) is 23.9 Å². The molecule has 3 aromatic heterocycles. The van der Waals surface area contributed by atoms with E-state index in [0.29, 0.717) is 40.0 Å². The van der Waals surface area contributed by atoms with Crippen LogP contribution in [0.1, 0.15) is 34.9 Å². The maximum atomic E-state index is 13.3. The van der Waals surface area contributed by atoms with E-state index < -0.39 is 17.7 Å². The smallest absolute Gasteiger partial charge is 0.301 e. The highest BCUT2D eigenvalue weighted by molar-refractivity contribution is 7.15. The van der Waals surface area contributed by atoms with Crippen LogP contribution in [0.4, 0.5) is 5.13 Å². The first-order valence-corrected chi connectivity index (χ1v) is 11.5. The molecule has 1 N–H and O–H groups in total. The van der Waals surface area contributed by atoms with Crippen molar-refractivity contribution in [2.24, 2.45) is 0 Å². The first-order valence-electron chi connectivity index (χ1n) is 10.7. The highest BCUT2D eigenvalue weighted by Gasteiger charge is 2.48. The first-order chi connectivity index (χ1) is 16.4. The molecule has 9 nitrogen and oxygen atoms in total. The number of Topliss-reactive ketones (excluding diaryl/α,β-unsaturated/α-hetero) is 1. The Kier molecular flexibility index (Phi) is 5.37. The van der Waals surface area contributed by atoms with Gasteiger partial charge in [0.25, 0.3) is 5.78 Å². The van der Waals surface area contributed by atoms with Crippen molar-refractivity contribution in [3.05, 3.63) is 76.2 Å². The average Bonchev–Trinajstić information content (AvgIpc) is 3.47. The van der Waals surface area contributed by atoms with Gasteiger partial charge in [0.15, 0.2) is 5.76 Å². The van der Waals surface area contributed by atoms with Crippen molar-refractivity contribution < 1.29 is 19.4 Å². The molecule has 4 heterocycles. The second kappa shape index (κ2) is 8.38. The third-order valence-corrected chi connectivity index (χ3v) is 6.44. The van der Waals surface area contributed by atoms with Crippen molar-refractivity contribution in [2.75, 3.05) is 11.5 Å². The fraction of sp³-hybridized carbons (Fsp3) is 0.208. The topological polar surface area (TPSA) is 110 Å². The van der Waals surface area contributed by atoms with Crippen LogP contribution >= 0.6 is 11.3 Å². The van der Waals surface area contributed by atoms with Crippen LogP contribution in [0.3, 0.4) is 0 Å². The molecule has 0 radical (unpaired) electrons. The van der Waals surface area contributed by atoms with E-state index in [1.807, 2.05) is 13.0 Å². The van der Waals surface area contributed by atoms with E-state index in [-0.39, 0.29) is 16.5 Å². The SMILES string of the molecule is CCOc1ccc(C2C(=C(O)c3c(C)nc4ccccn34)C(=O)C(=O)N2c2nnc(C)s2)cc1. The van der Waals surface area contributed by atoms with E-state index in [9.17, 15) is 14.7 Å². The maximum Gasteiger partial charge on any atom is 0.301 e. The Hall–Kier alpha value is -4.05. The summed E-state index contributed by atoms with van der Waals surface area (Å²) in [5.74, 6) is -1.21. The number of nitrogens with zero attached hydrogens (tertiary/aromatic N) is 5. The number of pyridine rings is 1. The number of benzene rings is 1. The predicted octanol–water partition coefficient (Wildman–Crippen LogP) is 3.83. The third-order valence-electron chi connectivity index (χ3n) is 5.60. The Bertz CT molecular complexity index is 1450. The van der Waals surface area contributed by atoms with E-state index >= 15 is 0 Å². The van der Waals surface area contributed by atoms with Crippen LogP contribution in [0.15, 0.2) is 54.2 Å². The summed E-state index contributed by atoms with van der Waals surface area (Å²) < 4.78 is 7.23. The van der Waals surface area contributed by atoms with Crippen molar-refractivity contribution in [1.29, 1.82) is 0 Å². The largest absolute Gasteiger partial charge is 0.505 e. The van der Waals surface area contributed by atoms with Gasteiger partial charge in [0.1, 0.15) is 22.1 Å². The molecular formula is C24H21N5O4S. The first kappa shape index (κ1) is 21.8. The number of aliphatic hydroxyl groups excluding tert-OH is 1. The number of hydrogen-bond acceptors (Lipinski definition) is 8. The summed E-state index contributed by atoms with van der Waals surface area (Å²) in [7, 11) is 0. The van der Waals surface area contributed by atoms with E-state index in [1.165, 1.54) is 16.2 Å². The molecule has 34 heavy (non-hydrogen) atoms. The summed E-state index contributed by atoms with van der Waals surface area (Å²) in [4.78, 5) is 32.3. The minimum Gasteiger partial charge on any atom is -0.505 e. The van der Waals surface area contributed by atoms with Gasteiger partial charge in [-0.2, -0.15) is 0 Å². The van der Waals surface area contributed by atoms with Crippen LogP contribution < -0.4 is 9.64 Å². The van der Waals surface area contributed by atoms with Gasteiger partial charge in [0.2, 0.25) is 5.13 Å². The number of carbonyl (C=O) groups excluding carboxylic acids is 2. The second-order valence-electron chi connectivity index (χ2n) is 7.75. The molecule has 1 saturated heterocycles. The van der Waals surface area contributed by atoms with Gasteiger partial charge in [-0.25, -0.2) is 4.98 Å². The Morgan fingerprint density at radius 2 is 1.88 bits per heavy atom. The molecule has 4 aromatic rings. The molecule has 1 atom stereocenters. The van der Waals surface area contributed by atoms with E-state index in [0.717, 1.165) is 0 Å². The summed E-state index contributed by atoms with van der Waals surface area (Å²) in [6.45, 7) is 5.91. The number of amides is 1. The minimum atomic E-state index is -0.892. The molecule has 1 aromatic carbocycles. The summed E-state index contributed by atoms with van der Waals surface area (Å²) in [6.07, 6.45) is 1.75. The number of ether oxygens (including phenoxy) is 1. The molecule has 5 rings (SSSR count). The molecule has 1 amide bonds. The van der Waals surface area contributed by atoms with Crippen LogP contribution in [0.2, 0.25) is 0 Å². The summed E-state index contributed by atoms with van der Waals surface area (Å²) in [5.41, 5.74) is 2.11. The number of rotatable bonds is 5. The van der Waals surface area contributed by atoms with Gasteiger partial charge in [-0.1, -0.05) is 29.5 Å². The van der Waals surface area contributed by atoms with Gasteiger partial charge in [-0.15, -0.1) is 10.2 Å². The Labute approximate surface area is 199 Å². The Morgan fingerprint density at radius 1 is 1.12 bits per heavy atom. The highest BCUT2D eigenvalue weighted by Crippen LogP contribution is 2.43. The van der Waals surface area contributed by atoms with Crippen molar-refractivity contribution in [2.45, 2.75) is 26.8 Å². The molecule has 0 aliphatic carbocycles. The summed E-state index contributed by atoms with van der Waals surface area (Å²) in [5, 5.41) is 20.5. The fourth-order valence-corrected chi connectivity index (χ4v) is 4.88. The zero-order chi connectivity index (χ0) is 24.0. The standard InChI is InChI=1S/C24H21N5O4S/c1-4-33-16-10-8-15(9-11-16)20-18(22(31)23(32)29(20)24-27-26-14(3)34-24)21(30)19-13(2)25-17-7-5-6-12-28(17)19/h5-12,20,30H,4H2,1-3H3. The normalized spacial score (nSPS) is 17.6. The summed E-state index contributed by atoms with van der Waals surface area (Å²) in [6, 6.07) is 11.6.